The van der Waals surface area contributed by atoms with Crippen LogP contribution >= 0.6 is 15.9 Å². The maximum absolute atomic E-state index is 9.61. The van der Waals surface area contributed by atoms with Crippen LogP contribution in [0.5, 0.6) is 5.75 Å². The van der Waals surface area contributed by atoms with Crippen LogP contribution in [0.15, 0.2) is 28.7 Å². The molecule has 0 bridgehead atoms. The molecule has 94 valence electrons. The van der Waals surface area contributed by atoms with E-state index in [4.69, 9.17) is 9.47 Å². The SMILES string of the molecule is CCCOC1C(O)CC1Oc1ccc(Br)cc1. The fourth-order valence-electron chi connectivity index (χ4n) is 1.83. The van der Waals surface area contributed by atoms with Crippen molar-refractivity contribution in [2.24, 2.45) is 0 Å². The van der Waals surface area contributed by atoms with Gasteiger partial charge in [-0.2, -0.15) is 0 Å². The molecule has 0 amide bonds. The third kappa shape index (κ3) is 3.21. The highest BCUT2D eigenvalue weighted by atomic mass is 79.9. The first-order chi connectivity index (χ1) is 8.20. The molecular weight excluding hydrogens is 284 g/mol. The molecule has 1 fully saturated rings. The molecule has 0 heterocycles. The van der Waals surface area contributed by atoms with Gasteiger partial charge in [0.15, 0.2) is 0 Å². The lowest BCUT2D eigenvalue weighted by Gasteiger charge is -2.40. The Labute approximate surface area is 110 Å². The minimum absolute atomic E-state index is 0.0299. The van der Waals surface area contributed by atoms with Crippen LogP contribution in [-0.2, 0) is 4.74 Å². The van der Waals surface area contributed by atoms with E-state index < -0.39 is 0 Å². The summed E-state index contributed by atoms with van der Waals surface area (Å²) in [5.74, 6) is 0.815. The van der Waals surface area contributed by atoms with Crippen LogP contribution in [0.3, 0.4) is 0 Å². The molecule has 0 aromatic heterocycles. The molecule has 1 N–H and O–H groups in total. The average Bonchev–Trinajstić information content (AvgIpc) is 2.31. The highest BCUT2D eigenvalue weighted by Gasteiger charge is 2.42. The van der Waals surface area contributed by atoms with Crippen molar-refractivity contribution in [2.75, 3.05) is 6.61 Å². The molecule has 1 aromatic carbocycles. The minimum Gasteiger partial charge on any atom is -0.488 e. The maximum Gasteiger partial charge on any atom is 0.130 e. The zero-order chi connectivity index (χ0) is 12.3. The van der Waals surface area contributed by atoms with Gasteiger partial charge in [0.05, 0.1) is 6.10 Å². The molecule has 0 aliphatic heterocycles. The third-order valence-corrected chi connectivity index (χ3v) is 3.36. The summed E-state index contributed by atoms with van der Waals surface area (Å²) < 4.78 is 12.4. The van der Waals surface area contributed by atoms with Crippen molar-refractivity contribution in [2.45, 2.75) is 38.1 Å². The lowest BCUT2D eigenvalue weighted by molar-refractivity contribution is -0.162. The molecule has 3 nitrogen and oxygen atoms in total. The average molecular weight is 301 g/mol. The summed E-state index contributed by atoms with van der Waals surface area (Å²) in [6.07, 6.45) is 0.997. The molecule has 0 saturated heterocycles. The van der Waals surface area contributed by atoms with Crippen LogP contribution in [0.4, 0.5) is 0 Å². The van der Waals surface area contributed by atoms with Crippen molar-refractivity contribution in [3.05, 3.63) is 28.7 Å². The Bertz CT molecular complexity index is 352. The van der Waals surface area contributed by atoms with Crippen molar-refractivity contribution in [1.82, 2.24) is 0 Å². The van der Waals surface area contributed by atoms with E-state index in [-0.39, 0.29) is 18.3 Å². The summed E-state index contributed by atoms with van der Waals surface area (Å²) in [6.45, 7) is 2.72. The Hall–Kier alpha value is -0.580. The van der Waals surface area contributed by atoms with Gasteiger partial charge in [0.1, 0.15) is 18.0 Å². The lowest BCUT2D eigenvalue weighted by atomic mass is 9.88. The molecule has 3 atom stereocenters. The molecule has 1 aliphatic rings. The normalized spacial score (nSPS) is 27.6. The first-order valence-electron chi connectivity index (χ1n) is 5.92. The van der Waals surface area contributed by atoms with Crippen LogP contribution in [0.1, 0.15) is 19.8 Å². The Kier molecular flexibility index (Phi) is 4.42. The molecule has 3 unspecified atom stereocenters. The summed E-state index contributed by atoms with van der Waals surface area (Å²) in [5.41, 5.74) is 0. The van der Waals surface area contributed by atoms with Crippen LogP contribution < -0.4 is 4.74 Å². The Morgan fingerprint density at radius 2 is 2.06 bits per heavy atom. The lowest BCUT2D eigenvalue weighted by Crippen LogP contribution is -2.55. The number of ether oxygens (including phenoxy) is 2. The highest BCUT2D eigenvalue weighted by Crippen LogP contribution is 2.29. The van der Waals surface area contributed by atoms with Crippen LogP contribution in [0, 0.1) is 0 Å². The van der Waals surface area contributed by atoms with Gasteiger partial charge >= 0.3 is 0 Å². The van der Waals surface area contributed by atoms with Gasteiger partial charge in [-0.3, -0.25) is 0 Å². The maximum atomic E-state index is 9.61. The molecule has 0 spiro atoms. The second-order valence-electron chi connectivity index (χ2n) is 4.25. The number of aliphatic hydroxyl groups is 1. The molecule has 0 radical (unpaired) electrons. The largest absolute Gasteiger partial charge is 0.488 e. The Morgan fingerprint density at radius 1 is 1.35 bits per heavy atom. The van der Waals surface area contributed by atoms with E-state index in [1.54, 1.807) is 0 Å². The predicted octanol–water partition coefficient (Wildman–Crippen LogP) is 2.76. The van der Waals surface area contributed by atoms with E-state index in [1.807, 2.05) is 24.3 Å². The molecule has 1 aromatic rings. The van der Waals surface area contributed by atoms with Crippen molar-refractivity contribution in [3.8, 4) is 5.75 Å². The van der Waals surface area contributed by atoms with E-state index in [0.717, 1.165) is 16.6 Å². The van der Waals surface area contributed by atoms with Gasteiger partial charge in [-0.1, -0.05) is 22.9 Å². The fourth-order valence-corrected chi connectivity index (χ4v) is 2.10. The predicted molar refractivity (Wildman–Crippen MR) is 69.2 cm³/mol. The smallest absolute Gasteiger partial charge is 0.130 e. The van der Waals surface area contributed by atoms with E-state index >= 15 is 0 Å². The summed E-state index contributed by atoms with van der Waals surface area (Å²) in [7, 11) is 0. The van der Waals surface area contributed by atoms with Gasteiger partial charge in [0.2, 0.25) is 0 Å². The Balaban J connectivity index is 1.88. The first-order valence-corrected chi connectivity index (χ1v) is 6.72. The summed E-state index contributed by atoms with van der Waals surface area (Å²) in [4.78, 5) is 0. The monoisotopic (exact) mass is 300 g/mol. The van der Waals surface area contributed by atoms with Crippen molar-refractivity contribution >= 4 is 15.9 Å². The number of aliphatic hydroxyl groups excluding tert-OH is 1. The van der Waals surface area contributed by atoms with Gasteiger partial charge in [0, 0.05) is 17.5 Å². The van der Waals surface area contributed by atoms with Gasteiger partial charge in [-0.25, -0.2) is 0 Å². The third-order valence-electron chi connectivity index (χ3n) is 2.83. The number of benzene rings is 1. The second-order valence-corrected chi connectivity index (χ2v) is 5.16. The molecule has 1 aliphatic carbocycles. The van der Waals surface area contributed by atoms with Gasteiger partial charge in [0.25, 0.3) is 0 Å². The van der Waals surface area contributed by atoms with E-state index in [9.17, 15) is 5.11 Å². The molecule has 17 heavy (non-hydrogen) atoms. The Morgan fingerprint density at radius 3 is 2.65 bits per heavy atom. The highest BCUT2D eigenvalue weighted by molar-refractivity contribution is 9.10. The topological polar surface area (TPSA) is 38.7 Å². The van der Waals surface area contributed by atoms with E-state index in [1.165, 1.54) is 0 Å². The number of halogens is 1. The number of hydrogen-bond donors (Lipinski definition) is 1. The second kappa shape index (κ2) is 5.85. The van der Waals surface area contributed by atoms with Crippen molar-refractivity contribution < 1.29 is 14.6 Å². The quantitative estimate of drug-likeness (QED) is 0.909. The van der Waals surface area contributed by atoms with E-state index in [0.29, 0.717) is 13.0 Å². The van der Waals surface area contributed by atoms with Crippen LogP contribution in [0.2, 0.25) is 0 Å². The standard InChI is InChI=1S/C13H17BrO3/c1-2-7-16-13-11(15)8-12(13)17-10-5-3-9(14)4-6-10/h3-6,11-13,15H,2,7-8H2,1H3. The number of rotatable bonds is 5. The van der Waals surface area contributed by atoms with Gasteiger partial charge < -0.3 is 14.6 Å². The fraction of sp³-hybridized carbons (Fsp3) is 0.538. The summed E-state index contributed by atoms with van der Waals surface area (Å²) in [6, 6.07) is 7.69. The molecule has 4 heteroatoms. The number of hydrogen-bond acceptors (Lipinski definition) is 3. The first kappa shape index (κ1) is 12.9. The van der Waals surface area contributed by atoms with Crippen molar-refractivity contribution in [3.63, 3.8) is 0 Å². The molecular formula is C13H17BrO3. The van der Waals surface area contributed by atoms with Gasteiger partial charge in [-0.15, -0.1) is 0 Å². The molecule has 2 rings (SSSR count). The van der Waals surface area contributed by atoms with E-state index in [2.05, 4.69) is 22.9 Å². The van der Waals surface area contributed by atoms with Gasteiger partial charge in [-0.05, 0) is 30.7 Å². The molecule has 1 saturated carbocycles. The zero-order valence-corrected chi connectivity index (χ0v) is 11.4. The van der Waals surface area contributed by atoms with Crippen molar-refractivity contribution in [1.29, 1.82) is 0 Å². The summed E-state index contributed by atoms with van der Waals surface area (Å²) in [5, 5.41) is 9.61. The van der Waals surface area contributed by atoms with Crippen LogP contribution in [0.25, 0.3) is 0 Å². The van der Waals surface area contributed by atoms with Crippen LogP contribution in [-0.4, -0.2) is 30.0 Å². The minimum atomic E-state index is -0.387. The zero-order valence-electron chi connectivity index (χ0n) is 9.80. The summed E-state index contributed by atoms with van der Waals surface area (Å²) >= 11 is 3.38.